The molecule has 7 aromatic carbocycles. The molecule has 5 nitrogen and oxygen atoms in total. The first-order valence-electron chi connectivity index (χ1n) is 16.5. The van der Waals surface area contributed by atoms with E-state index in [9.17, 15) is 0 Å². The van der Waals surface area contributed by atoms with Crippen molar-refractivity contribution in [1.82, 2.24) is 19.9 Å². The molecule has 0 unspecified atom stereocenters. The standard InChI is InChI=1S/C44H26N4OS/c1-3-12-28(13-4-1)41-46-42(29-14-5-2-6-15-29)48-43(47-41)31-22-24-37-35(26-31)39-33(19-10-20-38(39)49-37)30-16-9-17-32(25-30)44-45-36-23-21-27-11-7-8-18-34(27)40(36)50-44/h1-26H. The maximum absolute atomic E-state index is 6.42. The lowest BCUT2D eigenvalue weighted by Crippen LogP contribution is -2.00. The maximum atomic E-state index is 6.42. The summed E-state index contributed by atoms with van der Waals surface area (Å²) in [4.78, 5) is 19.9. The zero-order chi connectivity index (χ0) is 33.0. The summed E-state index contributed by atoms with van der Waals surface area (Å²) in [7, 11) is 0. The predicted molar refractivity (Wildman–Crippen MR) is 205 cm³/mol. The van der Waals surface area contributed by atoms with Gasteiger partial charge in [-0.15, -0.1) is 11.3 Å². The quantitative estimate of drug-likeness (QED) is 0.184. The lowest BCUT2D eigenvalue weighted by atomic mass is 9.97. The highest BCUT2D eigenvalue weighted by Crippen LogP contribution is 2.41. The summed E-state index contributed by atoms with van der Waals surface area (Å²) in [6.07, 6.45) is 0. The summed E-state index contributed by atoms with van der Waals surface area (Å²) in [5.74, 6) is 1.87. The molecule has 50 heavy (non-hydrogen) atoms. The van der Waals surface area contributed by atoms with Crippen molar-refractivity contribution >= 4 is 54.3 Å². The third-order valence-electron chi connectivity index (χ3n) is 9.15. The summed E-state index contributed by atoms with van der Waals surface area (Å²) in [5.41, 5.74) is 8.71. The fraction of sp³-hybridized carbons (Fsp3) is 0. The van der Waals surface area contributed by atoms with Crippen molar-refractivity contribution in [1.29, 1.82) is 0 Å². The monoisotopic (exact) mass is 658 g/mol. The minimum absolute atomic E-state index is 0.608. The molecule has 10 rings (SSSR count). The van der Waals surface area contributed by atoms with Crippen molar-refractivity contribution in [2.45, 2.75) is 0 Å². The van der Waals surface area contributed by atoms with E-state index < -0.39 is 0 Å². The number of aromatic nitrogens is 4. The zero-order valence-electron chi connectivity index (χ0n) is 26.6. The minimum Gasteiger partial charge on any atom is -0.456 e. The fourth-order valence-electron chi connectivity index (χ4n) is 6.74. The number of hydrogen-bond donors (Lipinski definition) is 0. The second-order valence-electron chi connectivity index (χ2n) is 12.3. The second-order valence-corrected chi connectivity index (χ2v) is 13.3. The lowest BCUT2D eigenvalue weighted by molar-refractivity contribution is 0.669. The van der Waals surface area contributed by atoms with Crippen LogP contribution in [0, 0.1) is 0 Å². The van der Waals surface area contributed by atoms with Crippen LogP contribution in [0.25, 0.3) is 98.8 Å². The largest absolute Gasteiger partial charge is 0.456 e. The Morgan fingerprint density at radius 2 is 1.08 bits per heavy atom. The molecular weight excluding hydrogens is 633 g/mol. The highest BCUT2D eigenvalue weighted by Gasteiger charge is 2.18. The third kappa shape index (κ3) is 4.85. The highest BCUT2D eigenvalue weighted by atomic mass is 32.1. The number of rotatable bonds is 5. The summed E-state index contributed by atoms with van der Waals surface area (Å²) in [6.45, 7) is 0. The van der Waals surface area contributed by atoms with Gasteiger partial charge in [-0.1, -0.05) is 121 Å². The van der Waals surface area contributed by atoms with E-state index in [1.807, 2.05) is 78.9 Å². The van der Waals surface area contributed by atoms with Crippen molar-refractivity contribution in [2.24, 2.45) is 0 Å². The summed E-state index contributed by atoms with van der Waals surface area (Å²) in [6, 6.07) is 54.0. The molecule has 0 radical (unpaired) electrons. The van der Waals surface area contributed by atoms with Crippen molar-refractivity contribution in [2.75, 3.05) is 0 Å². The summed E-state index contributed by atoms with van der Waals surface area (Å²) >= 11 is 1.74. The van der Waals surface area contributed by atoms with Gasteiger partial charge < -0.3 is 4.42 Å². The molecule has 0 aliphatic rings. The van der Waals surface area contributed by atoms with Crippen LogP contribution < -0.4 is 0 Å². The van der Waals surface area contributed by atoms with Gasteiger partial charge in [-0.2, -0.15) is 0 Å². The number of nitrogens with zero attached hydrogens (tertiary/aromatic N) is 4. The first-order valence-corrected chi connectivity index (χ1v) is 17.3. The van der Waals surface area contributed by atoms with E-state index in [-0.39, 0.29) is 0 Å². The Bertz CT molecular complexity index is 2820. The van der Waals surface area contributed by atoms with Crippen LogP contribution in [0.15, 0.2) is 162 Å². The summed E-state index contributed by atoms with van der Waals surface area (Å²) < 4.78 is 7.64. The predicted octanol–water partition coefficient (Wildman–Crippen LogP) is 11.9. The maximum Gasteiger partial charge on any atom is 0.164 e. The van der Waals surface area contributed by atoms with Crippen LogP contribution >= 0.6 is 11.3 Å². The molecule has 10 aromatic rings. The Morgan fingerprint density at radius 1 is 0.420 bits per heavy atom. The lowest BCUT2D eigenvalue weighted by Gasteiger charge is -2.09. The number of hydrogen-bond acceptors (Lipinski definition) is 6. The summed E-state index contributed by atoms with van der Waals surface area (Å²) in [5, 5.41) is 5.53. The molecule has 0 amide bonds. The SMILES string of the molecule is c1ccc(-c2nc(-c3ccccc3)nc(-c3ccc4oc5cccc(-c6cccc(-c7nc8ccc9ccccc9c8s7)c6)c5c4c3)n2)cc1. The van der Waals surface area contributed by atoms with Crippen LogP contribution in [-0.2, 0) is 0 Å². The van der Waals surface area contributed by atoms with E-state index in [0.29, 0.717) is 17.5 Å². The van der Waals surface area contributed by atoms with E-state index in [1.165, 1.54) is 15.5 Å². The molecule has 0 spiro atoms. The van der Waals surface area contributed by atoms with Crippen LogP contribution in [0.3, 0.4) is 0 Å². The first-order chi connectivity index (χ1) is 24.7. The molecule has 0 aliphatic carbocycles. The van der Waals surface area contributed by atoms with E-state index in [1.54, 1.807) is 11.3 Å². The Balaban J connectivity index is 1.11. The smallest absolute Gasteiger partial charge is 0.164 e. The Morgan fingerprint density at radius 3 is 1.86 bits per heavy atom. The van der Waals surface area contributed by atoms with Crippen LogP contribution in [0.5, 0.6) is 0 Å². The number of furan rings is 1. The van der Waals surface area contributed by atoms with Gasteiger partial charge in [-0.3, -0.25) is 0 Å². The van der Waals surface area contributed by atoms with Crippen molar-refractivity contribution in [3.05, 3.63) is 158 Å². The van der Waals surface area contributed by atoms with Gasteiger partial charge in [0.1, 0.15) is 16.2 Å². The molecule has 0 atom stereocenters. The second kappa shape index (κ2) is 11.6. The minimum atomic E-state index is 0.608. The number of thiazole rings is 1. The molecule has 0 saturated carbocycles. The van der Waals surface area contributed by atoms with E-state index in [2.05, 4.69) is 78.9 Å². The van der Waals surface area contributed by atoms with Crippen molar-refractivity contribution in [3.8, 4) is 55.9 Å². The molecule has 0 N–H and O–H groups in total. The van der Waals surface area contributed by atoms with Crippen molar-refractivity contribution < 1.29 is 4.42 Å². The molecule has 0 bridgehead atoms. The molecule has 0 saturated heterocycles. The first kappa shape index (κ1) is 28.5. The van der Waals surface area contributed by atoms with Crippen LogP contribution in [0.1, 0.15) is 0 Å². The van der Waals surface area contributed by atoms with Gasteiger partial charge in [0.2, 0.25) is 0 Å². The van der Waals surface area contributed by atoms with E-state index in [4.69, 9.17) is 24.4 Å². The van der Waals surface area contributed by atoms with Gasteiger partial charge in [-0.25, -0.2) is 19.9 Å². The van der Waals surface area contributed by atoms with E-state index in [0.717, 1.165) is 65.8 Å². The Hall–Kier alpha value is -6.50. The average molecular weight is 659 g/mol. The highest BCUT2D eigenvalue weighted by molar-refractivity contribution is 7.22. The van der Waals surface area contributed by atoms with Crippen LogP contribution in [0.4, 0.5) is 0 Å². The Labute approximate surface area is 291 Å². The normalized spacial score (nSPS) is 11.6. The van der Waals surface area contributed by atoms with Crippen LogP contribution in [0.2, 0.25) is 0 Å². The van der Waals surface area contributed by atoms with Gasteiger partial charge in [0.25, 0.3) is 0 Å². The van der Waals surface area contributed by atoms with Gasteiger partial charge >= 0.3 is 0 Å². The van der Waals surface area contributed by atoms with E-state index >= 15 is 0 Å². The zero-order valence-corrected chi connectivity index (χ0v) is 27.4. The molecule has 3 aromatic heterocycles. The van der Waals surface area contributed by atoms with Gasteiger partial charge in [0, 0.05) is 38.4 Å². The van der Waals surface area contributed by atoms with Gasteiger partial charge in [-0.05, 0) is 52.9 Å². The molecule has 234 valence electrons. The van der Waals surface area contributed by atoms with Gasteiger partial charge in [0.15, 0.2) is 17.5 Å². The number of benzene rings is 7. The Kier molecular flexibility index (Phi) is 6.60. The molecule has 3 heterocycles. The number of fused-ring (bicyclic) bond motifs is 6. The molecule has 0 fully saturated rings. The van der Waals surface area contributed by atoms with Crippen molar-refractivity contribution in [3.63, 3.8) is 0 Å². The van der Waals surface area contributed by atoms with Gasteiger partial charge in [0.05, 0.1) is 10.2 Å². The molecule has 6 heteroatoms. The molecular formula is C44H26N4OS. The average Bonchev–Trinajstić information content (AvgIpc) is 3.81. The fourth-order valence-corrected chi connectivity index (χ4v) is 7.84. The molecule has 0 aliphatic heterocycles. The topological polar surface area (TPSA) is 64.7 Å². The third-order valence-corrected chi connectivity index (χ3v) is 10.3. The van der Waals surface area contributed by atoms with Crippen LogP contribution in [-0.4, -0.2) is 19.9 Å².